The average molecular weight is 1070 g/mol. The number of aliphatic hydroxyl groups excluding tert-OH is 2. The average Bonchev–Trinajstić information content (AvgIpc) is 3.97. The van der Waals surface area contributed by atoms with Gasteiger partial charge in [-0.15, -0.1) is 0 Å². The van der Waals surface area contributed by atoms with Gasteiger partial charge in [-0.1, -0.05) is 88.4 Å². The van der Waals surface area contributed by atoms with Gasteiger partial charge in [-0.2, -0.15) is 4.31 Å². The first-order valence-electron chi connectivity index (χ1n) is 26.2. The van der Waals surface area contributed by atoms with Crippen LogP contribution >= 0.6 is 0 Å². The van der Waals surface area contributed by atoms with Crippen molar-refractivity contribution in [3.05, 3.63) is 96.1 Å². The molecule has 0 bridgehead atoms. The van der Waals surface area contributed by atoms with Crippen LogP contribution in [0, 0.1) is 10.8 Å². The summed E-state index contributed by atoms with van der Waals surface area (Å²) in [6.45, 7) is 26.2. The molecular formula is C57H90N4O13S. The summed E-state index contributed by atoms with van der Waals surface area (Å²) in [5.41, 5.74) is 0.0630. The molecule has 5 rings (SSSR count). The summed E-state index contributed by atoms with van der Waals surface area (Å²) in [6.07, 6.45) is 0.483. The third-order valence-electron chi connectivity index (χ3n) is 12.9. The van der Waals surface area contributed by atoms with Gasteiger partial charge < -0.3 is 59.3 Å². The Morgan fingerprint density at radius 3 is 1.47 bits per heavy atom. The molecule has 2 amide bonds. The molecule has 2 aliphatic heterocycles. The van der Waals surface area contributed by atoms with E-state index in [1.165, 1.54) is 23.5 Å². The maximum absolute atomic E-state index is 14.1. The van der Waals surface area contributed by atoms with Crippen molar-refractivity contribution in [3.8, 4) is 5.75 Å². The van der Waals surface area contributed by atoms with Crippen molar-refractivity contribution in [3.63, 3.8) is 0 Å². The van der Waals surface area contributed by atoms with E-state index in [0.29, 0.717) is 58.0 Å². The number of hydrogen-bond acceptors (Lipinski definition) is 14. The molecule has 0 saturated carbocycles. The van der Waals surface area contributed by atoms with Gasteiger partial charge >= 0.3 is 12.2 Å². The normalized spacial score (nSPS) is 17.5. The number of nitrogens with zero attached hydrogens (tertiary/aromatic N) is 1. The molecule has 18 heteroatoms. The van der Waals surface area contributed by atoms with E-state index in [0.717, 1.165) is 30.5 Å². The molecule has 17 nitrogen and oxygen atoms in total. The fraction of sp³-hybridized carbons (Fsp3) is 0.649. The second-order valence-electron chi connectivity index (χ2n) is 23.6. The minimum atomic E-state index is -4.06. The number of benzene rings is 3. The zero-order valence-electron chi connectivity index (χ0n) is 47.0. The van der Waals surface area contributed by atoms with E-state index < -0.39 is 74.7 Å². The predicted octanol–water partition coefficient (Wildman–Crippen LogP) is 8.39. The Morgan fingerprint density at radius 2 is 1.05 bits per heavy atom. The number of amides is 2. The summed E-state index contributed by atoms with van der Waals surface area (Å²) in [5.74, 6) is -0.677. The Labute approximate surface area is 448 Å². The van der Waals surface area contributed by atoms with Crippen molar-refractivity contribution < 1.29 is 61.4 Å². The lowest BCUT2D eigenvalue weighted by Crippen LogP contribution is -2.52. The first-order valence-corrected chi connectivity index (χ1v) is 27.7. The SMILES string of the molecule is CC(C)(CCC1(C)OCCO1)CNC[C@@H](O)[C@H](Cc1ccccc1)NC(=O)OC(C)(C)C.COc1ccc(S(=O)(=O)N(C[C@@H](O)[C@H](Cc2ccccc2)NC(=O)OC(C)(C)C)CC(C)(C)CCC2(C)OCCO2)cc1. The lowest BCUT2D eigenvalue weighted by molar-refractivity contribution is -0.151. The van der Waals surface area contributed by atoms with Gasteiger partial charge in [-0.05, 0) is 127 Å². The van der Waals surface area contributed by atoms with Gasteiger partial charge in [0.15, 0.2) is 11.6 Å². The standard InChI is InChI=1S/C32H48N2O8S.C25H42N2O5/c1-30(2,3)42-29(36)33-27(21-24-11-9-8-10-12-24)28(35)22-34(43(37,38)26-15-13-25(39-7)14-16-26)23-31(4,5)17-18-32(6)40-19-20-41-32;1-23(2,3)32-22(29)27-20(16-19-10-8-7-9-11-19)21(28)17-26-18-24(4,5)12-13-25(6)30-14-15-31-25/h8-16,27-28,35H,17-23H2,1-7H3,(H,33,36);7-11,20-21,26,28H,12-18H2,1-6H3,(H,27,29)/t27-,28+;20-,21+/m00/s1. The van der Waals surface area contributed by atoms with E-state index in [9.17, 15) is 28.2 Å². The van der Waals surface area contributed by atoms with Gasteiger partial charge in [-0.3, -0.25) is 0 Å². The highest BCUT2D eigenvalue weighted by Gasteiger charge is 2.39. The van der Waals surface area contributed by atoms with Crippen LogP contribution < -0.4 is 20.7 Å². The van der Waals surface area contributed by atoms with E-state index in [1.807, 2.05) is 109 Å². The molecule has 3 aromatic carbocycles. The van der Waals surface area contributed by atoms with Gasteiger partial charge in [0.2, 0.25) is 10.0 Å². The maximum atomic E-state index is 14.1. The molecule has 2 heterocycles. The molecule has 0 aromatic heterocycles. The monoisotopic (exact) mass is 1070 g/mol. The van der Waals surface area contributed by atoms with Crippen LogP contribution in [0.4, 0.5) is 9.59 Å². The van der Waals surface area contributed by atoms with E-state index in [1.54, 1.807) is 32.9 Å². The molecule has 0 spiro atoms. The predicted molar refractivity (Wildman–Crippen MR) is 290 cm³/mol. The van der Waals surface area contributed by atoms with Crippen molar-refractivity contribution in [1.29, 1.82) is 0 Å². The lowest BCUT2D eigenvalue weighted by atomic mass is 9.86. The molecule has 0 unspecified atom stereocenters. The van der Waals surface area contributed by atoms with Gasteiger partial charge in [-0.25, -0.2) is 18.0 Å². The number of sulfonamides is 1. The fourth-order valence-electron chi connectivity index (χ4n) is 8.58. The highest BCUT2D eigenvalue weighted by molar-refractivity contribution is 7.89. The Hall–Kier alpha value is -4.37. The molecule has 2 aliphatic rings. The second-order valence-corrected chi connectivity index (χ2v) is 25.6. The molecule has 0 radical (unpaired) electrons. The van der Waals surface area contributed by atoms with Crippen molar-refractivity contribution >= 4 is 22.2 Å². The number of methoxy groups -OCH3 is 1. The molecule has 4 atom stereocenters. The number of rotatable bonds is 25. The molecule has 3 aromatic rings. The number of hydrogen-bond donors (Lipinski definition) is 5. The van der Waals surface area contributed by atoms with Crippen molar-refractivity contribution in [2.24, 2.45) is 10.8 Å². The number of aliphatic hydroxyl groups is 2. The van der Waals surface area contributed by atoms with Crippen LogP contribution in [0.15, 0.2) is 89.8 Å². The molecular weight excluding hydrogens is 981 g/mol. The van der Waals surface area contributed by atoms with Crippen LogP contribution in [0.1, 0.15) is 120 Å². The van der Waals surface area contributed by atoms with E-state index in [4.69, 9.17) is 33.2 Å². The molecule has 75 heavy (non-hydrogen) atoms. The van der Waals surface area contributed by atoms with Crippen LogP contribution in [0.5, 0.6) is 5.75 Å². The smallest absolute Gasteiger partial charge is 0.407 e. The van der Waals surface area contributed by atoms with Gasteiger partial charge in [0.05, 0.1) is 62.7 Å². The quantitative estimate of drug-likeness (QED) is 0.0540. The summed E-state index contributed by atoms with van der Waals surface area (Å²) in [6, 6.07) is 24.1. The van der Waals surface area contributed by atoms with Crippen LogP contribution in [-0.4, -0.2) is 142 Å². The maximum Gasteiger partial charge on any atom is 0.407 e. The fourth-order valence-corrected chi connectivity index (χ4v) is 10.2. The lowest BCUT2D eigenvalue weighted by Gasteiger charge is -2.36. The minimum Gasteiger partial charge on any atom is -0.497 e. The number of ether oxygens (including phenoxy) is 7. The van der Waals surface area contributed by atoms with Crippen LogP contribution in [0.2, 0.25) is 0 Å². The van der Waals surface area contributed by atoms with Gasteiger partial charge in [0.1, 0.15) is 17.0 Å². The third kappa shape index (κ3) is 23.0. The summed E-state index contributed by atoms with van der Waals surface area (Å²) in [7, 11) is -2.55. The summed E-state index contributed by atoms with van der Waals surface area (Å²) in [4.78, 5) is 25.2. The number of carbonyl (C=O) groups is 2. The van der Waals surface area contributed by atoms with Crippen molar-refractivity contribution in [1.82, 2.24) is 20.3 Å². The van der Waals surface area contributed by atoms with E-state index in [-0.39, 0.29) is 29.8 Å². The second kappa shape index (κ2) is 27.8. The van der Waals surface area contributed by atoms with Crippen LogP contribution in [0.3, 0.4) is 0 Å². The first-order chi connectivity index (χ1) is 34.9. The third-order valence-corrected chi connectivity index (χ3v) is 14.7. The largest absolute Gasteiger partial charge is 0.497 e. The molecule has 422 valence electrons. The Balaban J connectivity index is 0.000000339. The van der Waals surface area contributed by atoms with E-state index >= 15 is 0 Å². The molecule has 5 N–H and O–H groups in total. The van der Waals surface area contributed by atoms with E-state index in [2.05, 4.69) is 29.8 Å². The number of alkyl carbamates (subject to hydrolysis) is 2. The zero-order valence-corrected chi connectivity index (χ0v) is 47.8. The first kappa shape index (κ1) is 63.2. The highest BCUT2D eigenvalue weighted by atomic mass is 32.2. The Kier molecular flexibility index (Phi) is 23.4. The molecule has 2 fully saturated rings. The summed E-state index contributed by atoms with van der Waals surface area (Å²) < 4.78 is 68.5. The van der Waals surface area contributed by atoms with Gasteiger partial charge in [0.25, 0.3) is 0 Å². The Morgan fingerprint density at radius 1 is 0.640 bits per heavy atom. The zero-order chi connectivity index (χ0) is 55.7. The molecule has 2 saturated heterocycles. The van der Waals surface area contributed by atoms with Gasteiger partial charge in [0, 0.05) is 39.0 Å². The van der Waals surface area contributed by atoms with Crippen molar-refractivity contribution in [2.75, 3.05) is 59.7 Å². The van der Waals surface area contributed by atoms with Crippen LogP contribution in [0.25, 0.3) is 0 Å². The summed E-state index contributed by atoms with van der Waals surface area (Å²) in [5, 5.41) is 31.5. The Bertz CT molecular complexity index is 2280. The van der Waals surface area contributed by atoms with Crippen LogP contribution in [-0.2, 0) is 51.3 Å². The minimum absolute atomic E-state index is 0.00552. The molecule has 0 aliphatic carbocycles. The highest BCUT2D eigenvalue weighted by Crippen LogP contribution is 2.34. The number of nitrogens with one attached hydrogen (secondary N) is 3. The number of carbonyl (C=O) groups excluding carboxylic acids is 2. The topological polar surface area (TPSA) is 213 Å². The summed E-state index contributed by atoms with van der Waals surface area (Å²) >= 11 is 0. The van der Waals surface area contributed by atoms with Crippen molar-refractivity contribution in [2.45, 2.75) is 174 Å².